The fourth-order valence-electron chi connectivity index (χ4n) is 7.91. The van der Waals surface area contributed by atoms with Gasteiger partial charge in [0.15, 0.2) is 0 Å². The molecule has 1 aliphatic carbocycles. The van der Waals surface area contributed by atoms with Crippen molar-refractivity contribution in [2.45, 2.75) is 89.8 Å². The third kappa shape index (κ3) is 17.9. The Bertz CT molecular complexity index is 1900. The van der Waals surface area contributed by atoms with E-state index in [1.165, 1.54) is 6.33 Å². The van der Waals surface area contributed by atoms with Gasteiger partial charge in [0.25, 0.3) is 5.88 Å². The maximum Gasteiger partial charge on any atom is 0.256 e. The smallest absolute Gasteiger partial charge is 0.256 e. The van der Waals surface area contributed by atoms with Crippen LogP contribution in [0.1, 0.15) is 58.9 Å². The standard InChI is InChI=1S/C46H70ClN9O10/c1-35-29-54(30-36(2)65-35)40-7-9-41(10-8-40)56-32-43(52-46-49-27-39(28-50-46)38-6-11-42(47)44(26-38)66-37(3)31-55-34-48-33-51-55)45(53-56)64-13-5-12-58-16-17-60-20-21-62-24-25-63-23-22-61-19-18-59-15-14-57-4/h6,11,26-28,32-37,40-41H,5,7-10,12-25,29-31H2,1-4H3,(H,49,50,52)/t35-,36+,37-,40-,41-/m0/s1. The SMILES string of the molecule is COCCOCCOCCOCCOCCOCCOCCCOc1nn([C@H]2CC[C@H](N3C[C@@H](C)O[C@@H](C)C3)CC2)cc1Nc1ncc(-c2ccc(Cl)c(O[C@@H](C)Cn3cncn3)c2)cn1. The van der Waals surface area contributed by atoms with Crippen molar-refractivity contribution in [1.29, 1.82) is 0 Å². The predicted molar refractivity (Wildman–Crippen MR) is 248 cm³/mol. The summed E-state index contributed by atoms with van der Waals surface area (Å²) in [6.45, 7) is 16.0. The third-order valence-corrected chi connectivity index (χ3v) is 11.4. The first-order valence-electron chi connectivity index (χ1n) is 23.3. The van der Waals surface area contributed by atoms with Crippen LogP contribution in [0.25, 0.3) is 11.1 Å². The second-order valence-electron chi connectivity index (χ2n) is 16.5. The lowest BCUT2D eigenvalue weighted by molar-refractivity contribution is -0.0852. The second-order valence-corrected chi connectivity index (χ2v) is 16.9. The van der Waals surface area contributed by atoms with Crippen LogP contribution in [0.4, 0.5) is 11.6 Å². The number of anilines is 2. The van der Waals surface area contributed by atoms with Crippen molar-refractivity contribution in [3.8, 4) is 22.8 Å². The second kappa shape index (κ2) is 29.0. The number of ether oxygens (including phenoxy) is 10. The van der Waals surface area contributed by atoms with Crippen LogP contribution in [0, 0.1) is 0 Å². The molecule has 2 aliphatic rings. The molecule has 19 nitrogen and oxygen atoms in total. The number of rotatable bonds is 32. The number of nitrogens with zero attached hydrogens (tertiary/aromatic N) is 8. The molecule has 0 amide bonds. The Labute approximate surface area is 394 Å². The van der Waals surface area contributed by atoms with Gasteiger partial charge < -0.3 is 52.7 Å². The molecule has 1 aliphatic heterocycles. The van der Waals surface area contributed by atoms with Crippen molar-refractivity contribution in [2.75, 3.05) is 118 Å². The molecule has 3 atom stereocenters. The molecule has 20 heteroatoms. The number of hydrogen-bond acceptors (Lipinski definition) is 17. The van der Waals surface area contributed by atoms with E-state index in [4.69, 9.17) is 64.1 Å². The molecule has 0 bridgehead atoms. The third-order valence-electron chi connectivity index (χ3n) is 11.1. The van der Waals surface area contributed by atoms with E-state index in [0.717, 1.165) is 49.9 Å². The summed E-state index contributed by atoms with van der Waals surface area (Å²) in [5.74, 6) is 1.49. The number of aromatic nitrogens is 7. The lowest BCUT2D eigenvalue weighted by Crippen LogP contribution is -2.51. The number of methoxy groups -OCH3 is 1. The van der Waals surface area contributed by atoms with Gasteiger partial charge in [-0.05, 0) is 64.2 Å². The number of benzene rings is 1. The van der Waals surface area contributed by atoms with Gasteiger partial charge in [-0.3, -0.25) is 9.58 Å². The summed E-state index contributed by atoms with van der Waals surface area (Å²) in [4.78, 5) is 15.9. The van der Waals surface area contributed by atoms with Crippen LogP contribution in [-0.2, 0) is 44.4 Å². The Hall–Kier alpha value is -4.02. The highest BCUT2D eigenvalue weighted by atomic mass is 35.5. The fraction of sp³-hybridized carbons (Fsp3) is 0.674. The summed E-state index contributed by atoms with van der Waals surface area (Å²) < 4.78 is 60.5. The lowest BCUT2D eigenvalue weighted by Gasteiger charge is -2.42. The molecular weight excluding hydrogens is 874 g/mol. The van der Waals surface area contributed by atoms with Crippen LogP contribution in [0.3, 0.4) is 0 Å². The van der Waals surface area contributed by atoms with Gasteiger partial charge in [0.1, 0.15) is 30.2 Å². The molecule has 1 saturated carbocycles. The van der Waals surface area contributed by atoms with E-state index in [-0.39, 0.29) is 24.4 Å². The zero-order chi connectivity index (χ0) is 46.2. The fourth-order valence-corrected chi connectivity index (χ4v) is 8.07. The molecule has 0 unspecified atom stereocenters. The summed E-state index contributed by atoms with van der Waals surface area (Å²) >= 11 is 6.52. The first-order valence-corrected chi connectivity index (χ1v) is 23.7. The van der Waals surface area contributed by atoms with E-state index < -0.39 is 0 Å². The minimum atomic E-state index is -0.186. The summed E-state index contributed by atoms with van der Waals surface area (Å²) in [7, 11) is 1.65. The van der Waals surface area contributed by atoms with Crippen LogP contribution in [0.15, 0.2) is 49.4 Å². The van der Waals surface area contributed by atoms with Crippen LogP contribution in [0.5, 0.6) is 11.6 Å². The molecule has 366 valence electrons. The van der Waals surface area contributed by atoms with Crippen LogP contribution >= 0.6 is 11.6 Å². The van der Waals surface area contributed by atoms with Gasteiger partial charge in [0.05, 0.1) is 122 Å². The molecule has 0 radical (unpaired) electrons. The Balaban J connectivity index is 0.925. The van der Waals surface area contributed by atoms with E-state index in [9.17, 15) is 0 Å². The van der Waals surface area contributed by atoms with Gasteiger partial charge in [-0.25, -0.2) is 19.6 Å². The van der Waals surface area contributed by atoms with Crippen molar-refractivity contribution >= 4 is 23.2 Å². The monoisotopic (exact) mass is 943 g/mol. The lowest BCUT2D eigenvalue weighted by atomic mass is 9.89. The first kappa shape index (κ1) is 51.4. The average molecular weight is 945 g/mol. The topological polar surface area (TPSA) is 182 Å². The summed E-state index contributed by atoms with van der Waals surface area (Å²) in [5.41, 5.74) is 2.39. The zero-order valence-corrected chi connectivity index (χ0v) is 39.9. The maximum absolute atomic E-state index is 6.52. The molecule has 1 saturated heterocycles. The summed E-state index contributed by atoms with van der Waals surface area (Å²) in [5, 5.41) is 13.0. The molecular formula is C46H70ClN9O10. The minimum absolute atomic E-state index is 0.186. The molecule has 2 fully saturated rings. The number of nitrogens with one attached hydrogen (secondary N) is 1. The average Bonchev–Trinajstić information content (AvgIpc) is 3.98. The zero-order valence-electron chi connectivity index (χ0n) is 39.1. The van der Waals surface area contributed by atoms with Crippen molar-refractivity contribution in [1.82, 2.24) is 39.4 Å². The number of halogens is 1. The summed E-state index contributed by atoms with van der Waals surface area (Å²) in [6, 6.07) is 6.44. The Morgan fingerprint density at radius 2 is 1.35 bits per heavy atom. The van der Waals surface area contributed by atoms with E-state index in [2.05, 4.69) is 48.8 Å². The van der Waals surface area contributed by atoms with Crippen LogP contribution in [-0.4, -0.2) is 176 Å². The molecule has 4 heterocycles. The minimum Gasteiger partial charge on any atom is -0.487 e. The molecule has 0 spiro atoms. The van der Waals surface area contributed by atoms with E-state index in [0.29, 0.717) is 140 Å². The van der Waals surface area contributed by atoms with Crippen LogP contribution < -0.4 is 14.8 Å². The predicted octanol–water partition coefficient (Wildman–Crippen LogP) is 5.90. The van der Waals surface area contributed by atoms with Gasteiger partial charge in [0, 0.05) is 57.2 Å². The van der Waals surface area contributed by atoms with Crippen LogP contribution in [0.2, 0.25) is 5.02 Å². The highest BCUT2D eigenvalue weighted by Gasteiger charge is 2.32. The molecule has 4 aromatic rings. The Kier molecular flexibility index (Phi) is 22.6. The van der Waals surface area contributed by atoms with Gasteiger partial charge in [0.2, 0.25) is 5.95 Å². The van der Waals surface area contributed by atoms with Gasteiger partial charge in [-0.1, -0.05) is 17.7 Å². The van der Waals surface area contributed by atoms with E-state index in [1.807, 2.05) is 31.3 Å². The van der Waals surface area contributed by atoms with Crippen molar-refractivity contribution in [3.05, 3.63) is 54.5 Å². The highest BCUT2D eigenvalue weighted by Crippen LogP contribution is 2.36. The van der Waals surface area contributed by atoms with Gasteiger partial charge in [-0.2, -0.15) is 5.10 Å². The largest absolute Gasteiger partial charge is 0.487 e. The van der Waals surface area contributed by atoms with E-state index >= 15 is 0 Å². The van der Waals surface area contributed by atoms with Crippen molar-refractivity contribution in [2.24, 2.45) is 0 Å². The maximum atomic E-state index is 6.52. The molecule has 1 aromatic carbocycles. The molecule has 3 aromatic heterocycles. The Morgan fingerprint density at radius 1 is 0.758 bits per heavy atom. The Morgan fingerprint density at radius 3 is 1.94 bits per heavy atom. The summed E-state index contributed by atoms with van der Waals surface area (Å²) in [6.07, 6.45) is 14.0. The van der Waals surface area contributed by atoms with Crippen molar-refractivity contribution in [3.63, 3.8) is 0 Å². The molecule has 66 heavy (non-hydrogen) atoms. The number of morpholine rings is 1. The molecule has 1 N–H and O–H groups in total. The van der Waals surface area contributed by atoms with Crippen molar-refractivity contribution < 1.29 is 47.4 Å². The molecule has 6 rings (SSSR count). The van der Waals surface area contributed by atoms with E-state index in [1.54, 1.807) is 30.5 Å². The number of hydrogen-bond donors (Lipinski definition) is 1. The quantitative estimate of drug-likeness (QED) is 0.0571. The highest BCUT2D eigenvalue weighted by molar-refractivity contribution is 6.32. The van der Waals surface area contributed by atoms with Gasteiger partial charge in [-0.15, -0.1) is 5.10 Å². The normalized spacial score (nSPS) is 19.5. The first-order chi connectivity index (χ1) is 32.3. The van der Waals surface area contributed by atoms with Gasteiger partial charge >= 0.3 is 0 Å².